The van der Waals surface area contributed by atoms with Gasteiger partial charge in [0.25, 0.3) is 11.6 Å². The van der Waals surface area contributed by atoms with Gasteiger partial charge < -0.3 is 0 Å². The lowest BCUT2D eigenvalue weighted by Gasteiger charge is -2.41. The average Bonchev–Trinajstić information content (AvgIpc) is 2.97. The molecule has 7 nitrogen and oxygen atoms in total. The molecule has 8 heteroatoms. The maximum atomic E-state index is 14.2. The van der Waals surface area contributed by atoms with E-state index in [9.17, 15) is 19.7 Å². The van der Waals surface area contributed by atoms with Crippen LogP contribution in [0.2, 0.25) is 0 Å². The molecule has 1 aliphatic carbocycles. The lowest BCUT2D eigenvalue weighted by atomic mass is 9.68. The minimum absolute atomic E-state index is 0.0251. The first-order valence-corrected chi connectivity index (χ1v) is 12.5. The topological polar surface area (TPSA) is 92.9 Å². The lowest BCUT2D eigenvalue weighted by Crippen LogP contribution is -2.47. The molecule has 0 radical (unpaired) electrons. The lowest BCUT2D eigenvalue weighted by molar-refractivity contribution is -0.384. The Morgan fingerprint density at radius 3 is 2.50 bits per heavy atom. The molecule has 3 aromatic carbocycles. The van der Waals surface area contributed by atoms with E-state index in [0.717, 1.165) is 4.47 Å². The summed E-state index contributed by atoms with van der Waals surface area (Å²) in [5.41, 5.74) is 2.46. The number of amides is 1. The monoisotopic (exact) mass is 545 g/mol. The van der Waals surface area contributed by atoms with E-state index in [-0.39, 0.29) is 22.8 Å². The third-order valence-electron chi connectivity index (χ3n) is 6.75. The number of carbonyl (C=O) groups is 2. The Balaban J connectivity index is 1.78. The van der Waals surface area contributed by atoms with Crippen molar-refractivity contribution in [3.05, 3.63) is 98.5 Å². The summed E-state index contributed by atoms with van der Waals surface area (Å²) in [6, 6.07) is 19.8. The Kier molecular flexibility index (Phi) is 6.08. The third-order valence-corrected chi connectivity index (χ3v) is 7.28. The minimum Gasteiger partial charge on any atom is -0.299 e. The summed E-state index contributed by atoms with van der Waals surface area (Å²) in [4.78, 5) is 45.6. The second kappa shape index (κ2) is 9.09. The van der Waals surface area contributed by atoms with Crippen LogP contribution in [0.25, 0.3) is 0 Å². The molecule has 36 heavy (non-hydrogen) atoms. The fourth-order valence-electron chi connectivity index (χ4n) is 5.24. The molecule has 0 N–H and O–H groups in total. The molecule has 1 fully saturated rings. The SMILES string of the molecule is CC1(C)CC(=O)[C@@H]2C(=Nc3ccccc3N(C(=O)c3ccc(Br)cc3)[C@@H]2c2cccc([N+](=O)[O-])c2)C1. The highest BCUT2D eigenvalue weighted by Crippen LogP contribution is 2.48. The zero-order valence-corrected chi connectivity index (χ0v) is 21.4. The van der Waals surface area contributed by atoms with Gasteiger partial charge >= 0.3 is 0 Å². The highest BCUT2D eigenvalue weighted by atomic mass is 79.9. The Bertz CT molecular complexity index is 1410. The van der Waals surface area contributed by atoms with Gasteiger partial charge in [0.1, 0.15) is 5.78 Å². The average molecular weight is 546 g/mol. The Hall–Kier alpha value is -3.65. The molecule has 2 atom stereocenters. The first-order valence-electron chi connectivity index (χ1n) is 11.7. The van der Waals surface area contributed by atoms with Crippen LogP contribution in [0.4, 0.5) is 17.1 Å². The van der Waals surface area contributed by atoms with Crippen LogP contribution in [0.3, 0.4) is 0 Å². The summed E-state index contributed by atoms with van der Waals surface area (Å²) in [7, 11) is 0. The number of nitrogens with zero attached hydrogens (tertiary/aromatic N) is 3. The molecule has 1 saturated carbocycles. The van der Waals surface area contributed by atoms with Crippen LogP contribution in [0.1, 0.15) is 48.7 Å². The zero-order valence-electron chi connectivity index (χ0n) is 19.8. The first-order chi connectivity index (χ1) is 17.1. The van der Waals surface area contributed by atoms with Crippen molar-refractivity contribution in [3.8, 4) is 0 Å². The number of nitro groups is 1. The highest BCUT2D eigenvalue weighted by molar-refractivity contribution is 9.10. The Labute approximate surface area is 217 Å². The molecule has 2 aliphatic rings. The van der Waals surface area contributed by atoms with Crippen LogP contribution >= 0.6 is 15.9 Å². The van der Waals surface area contributed by atoms with Gasteiger partial charge in [-0.2, -0.15) is 0 Å². The number of carbonyl (C=O) groups excluding carboxylic acids is 2. The number of non-ortho nitro benzene ring substituents is 1. The Morgan fingerprint density at radius 1 is 1.06 bits per heavy atom. The number of para-hydroxylation sites is 2. The van der Waals surface area contributed by atoms with Gasteiger partial charge in [0.05, 0.1) is 28.3 Å². The van der Waals surface area contributed by atoms with Crippen molar-refractivity contribution >= 4 is 50.4 Å². The number of benzene rings is 3. The number of nitro benzene ring substituents is 1. The highest BCUT2D eigenvalue weighted by Gasteiger charge is 2.48. The van der Waals surface area contributed by atoms with Gasteiger partial charge in [-0.1, -0.05) is 54.0 Å². The van der Waals surface area contributed by atoms with Crippen LogP contribution in [0.5, 0.6) is 0 Å². The van der Waals surface area contributed by atoms with Crippen molar-refractivity contribution in [2.24, 2.45) is 16.3 Å². The fraction of sp³-hybridized carbons (Fsp3) is 0.250. The molecule has 0 aromatic heterocycles. The van der Waals surface area contributed by atoms with E-state index in [0.29, 0.717) is 41.1 Å². The number of hydrogen-bond donors (Lipinski definition) is 0. The third kappa shape index (κ3) is 4.37. The molecule has 182 valence electrons. The summed E-state index contributed by atoms with van der Waals surface area (Å²) >= 11 is 3.41. The van der Waals surface area contributed by atoms with Crippen molar-refractivity contribution in [1.29, 1.82) is 0 Å². The molecule has 1 heterocycles. The van der Waals surface area contributed by atoms with Gasteiger partial charge in [0.15, 0.2) is 0 Å². The molecule has 0 bridgehead atoms. The molecule has 0 spiro atoms. The van der Waals surface area contributed by atoms with Crippen molar-refractivity contribution in [2.75, 3.05) is 4.90 Å². The quantitative estimate of drug-likeness (QED) is 0.266. The molecular weight excluding hydrogens is 522 g/mol. The second-order valence-electron chi connectivity index (χ2n) is 10.0. The second-order valence-corrected chi connectivity index (χ2v) is 10.9. The van der Waals surface area contributed by atoms with Gasteiger partial charge in [-0.3, -0.25) is 29.6 Å². The molecule has 0 saturated heterocycles. The summed E-state index contributed by atoms with van der Waals surface area (Å²) in [5, 5.41) is 11.6. The number of hydrogen-bond acceptors (Lipinski definition) is 5. The van der Waals surface area contributed by atoms with Crippen LogP contribution in [0.15, 0.2) is 82.3 Å². The van der Waals surface area contributed by atoms with E-state index in [1.165, 1.54) is 12.1 Å². The molecule has 3 aromatic rings. The number of aliphatic imine (C=N–C) groups is 1. The van der Waals surface area contributed by atoms with Crippen LogP contribution in [-0.2, 0) is 4.79 Å². The standard InChI is InChI=1S/C28H24BrN3O4/c1-28(2)15-22-25(24(33)16-28)26(18-6-5-7-20(14-18)32(35)36)31(23-9-4-3-8-21(23)30-22)27(34)17-10-12-19(29)13-11-17/h3-14,25-26H,15-16H2,1-2H3/t25-,26+/m0/s1. The molecule has 0 unspecified atom stereocenters. The number of fused-ring (bicyclic) bond motifs is 2. The zero-order chi connectivity index (χ0) is 25.6. The molecule has 1 amide bonds. The smallest absolute Gasteiger partial charge is 0.269 e. The number of anilines is 1. The van der Waals surface area contributed by atoms with E-state index in [4.69, 9.17) is 4.99 Å². The number of ketones is 1. The fourth-order valence-corrected chi connectivity index (χ4v) is 5.51. The van der Waals surface area contributed by atoms with Gasteiger partial charge in [-0.05, 0) is 53.8 Å². The van der Waals surface area contributed by atoms with Crippen LogP contribution < -0.4 is 4.90 Å². The first kappa shape index (κ1) is 24.1. The van der Waals surface area contributed by atoms with Gasteiger partial charge in [-0.15, -0.1) is 0 Å². The number of Topliss-reactive ketones (excluding diaryl/α,β-unsaturated/α-hetero) is 1. The normalized spacial score (nSPS) is 20.6. The largest absolute Gasteiger partial charge is 0.299 e. The summed E-state index contributed by atoms with van der Waals surface area (Å²) < 4.78 is 0.834. The van der Waals surface area contributed by atoms with E-state index in [1.807, 2.05) is 38.1 Å². The van der Waals surface area contributed by atoms with E-state index >= 15 is 0 Å². The maximum absolute atomic E-state index is 14.2. The van der Waals surface area contributed by atoms with Gasteiger partial charge in [-0.25, -0.2) is 0 Å². The Morgan fingerprint density at radius 2 is 1.78 bits per heavy atom. The maximum Gasteiger partial charge on any atom is 0.269 e. The van der Waals surface area contributed by atoms with Crippen molar-refractivity contribution < 1.29 is 14.5 Å². The van der Waals surface area contributed by atoms with Gasteiger partial charge in [0.2, 0.25) is 0 Å². The van der Waals surface area contributed by atoms with Crippen molar-refractivity contribution in [2.45, 2.75) is 32.7 Å². The minimum atomic E-state index is -0.785. The van der Waals surface area contributed by atoms with E-state index in [2.05, 4.69) is 15.9 Å². The predicted octanol–water partition coefficient (Wildman–Crippen LogP) is 6.84. The van der Waals surface area contributed by atoms with Crippen LogP contribution in [0, 0.1) is 21.4 Å². The van der Waals surface area contributed by atoms with Gasteiger partial charge in [0, 0.05) is 34.3 Å². The van der Waals surface area contributed by atoms with E-state index in [1.54, 1.807) is 41.3 Å². The number of rotatable bonds is 3. The number of halogens is 1. The molecular formula is C28H24BrN3O4. The van der Waals surface area contributed by atoms with Crippen molar-refractivity contribution in [3.63, 3.8) is 0 Å². The summed E-state index contributed by atoms with van der Waals surface area (Å²) in [6.45, 7) is 4.07. The summed E-state index contributed by atoms with van der Waals surface area (Å²) in [5.74, 6) is -1.05. The summed E-state index contributed by atoms with van der Waals surface area (Å²) in [6.07, 6.45) is 0.919. The van der Waals surface area contributed by atoms with E-state index < -0.39 is 16.9 Å². The molecule has 1 aliphatic heterocycles. The van der Waals surface area contributed by atoms with Crippen LogP contribution in [-0.4, -0.2) is 22.3 Å². The predicted molar refractivity (Wildman–Crippen MR) is 142 cm³/mol. The molecule has 5 rings (SSSR count). The van der Waals surface area contributed by atoms with Crippen molar-refractivity contribution in [1.82, 2.24) is 0 Å².